The summed E-state index contributed by atoms with van der Waals surface area (Å²) in [6, 6.07) is 3.75. The van der Waals surface area contributed by atoms with Crippen LogP contribution in [0.1, 0.15) is 58.1 Å². The molecule has 2 aromatic rings. The molecule has 24 heavy (non-hydrogen) atoms. The Bertz CT molecular complexity index is 701. The molecule has 1 atom stereocenters. The molecule has 6 heteroatoms. The van der Waals surface area contributed by atoms with E-state index >= 15 is 0 Å². The van der Waals surface area contributed by atoms with Crippen molar-refractivity contribution in [2.24, 2.45) is 0 Å². The van der Waals surface area contributed by atoms with Crippen LogP contribution in [0, 0.1) is 13.8 Å². The van der Waals surface area contributed by atoms with Crippen LogP contribution in [0.4, 0.5) is 0 Å². The van der Waals surface area contributed by atoms with Gasteiger partial charge in [-0.15, -0.1) is 0 Å². The Balaban J connectivity index is 2.02. The number of ether oxygens (including phenoxy) is 1. The summed E-state index contributed by atoms with van der Waals surface area (Å²) in [7, 11) is 0. The highest BCUT2D eigenvalue weighted by molar-refractivity contribution is 6.01. The van der Waals surface area contributed by atoms with Crippen LogP contribution < -0.4 is 5.32 Å². The van der Waals surface area contributed by atoms with E-state index in [1.807, 2.05) is 19.1 Å². The van der Waals surface area contributed by atoms with Crippen molar-refractivity contribution in [1.82, 2.24) is 10.3 Å². The van der Waals surface area contributed by atoms with Crippen molar-refractivity contribution in [3.63, 3.8) is 0 Å². The fourth-order valence-corrected chi connectivity index (χ4v) is 2.68. The van der Waals surface area contributed by atoms with E-state index in [1.165, 1.54) is 0 Å². The summed E-state index contributed by atoms with van der Waals surface area (Å²) in [6.07, 6.45) is 3.17. The maximum atomic E-state index is 12.5. The van der Waals surface area contributed by atoms with Crippen LogP contribution in [-0.4, -0.2) is 29.5 Å². The normalized spacial score (nSPS) is 12.0. The number of carbonyl (C=O) groups excluding carboxylic acids is 2. The highest BCUT2D eigenvalue weighted by atomic mass is 16.5. The van der Waals surface area contributed by atoms with E-state index in [4.69, 9.17) is 9.15 Å². The van der Waals surface area contributed by atoms with Gasteiger partial charge in [-0.05, 0) is 51.8 Å². The smallest absolute Gasteiger partial charge is 0.355 e. The van der Waals surface area contributed by atoms with Crippen LogP contribution in [0.15, 0.2) is 22.8 Å². The highest BCUT2D eigenvalue weighted by Gasteiger charge is 2.23. The van der Waals surface area contributed by atoms with E-state index in [0.29, 0.717) is 29.1 Å². The summed E-state index contributed by atoms with van der Waals surface area (Å²) < 4.78 is 10.3. The number of carbonyl (C=O) groups is 2. The number of amides is 1. The Kier molecular flexibility index (Phi) is 5.84. The minimum Gasteiger partial charge on any atom is -0.469 e. The average Bonchev–Trinajstić information content (AvgIpc) is 3.13. The van der Waals surface area contributed by atoms with Crippen LogP contribution in [-0.2, 0) is 11.2 Å². The second-order valence-electron chi connectivity index (χ2n) is 5.84. The maximum absolute atomic E-state index is 12.5. The second-order valence-corrected chi connectivity index (χ2v) is 5.84. The molecule has 0 bridgehead atoms. The number of H-pyrrole nitrogens is 1. The zero-order valence-electron chi connectivity index (χ0n) is 14.6. The molecule has 0 aromatic carbocycles. The van der Waals surface area contributed by atoms with Gasteiger partial charge in [-0.2, -0.15) is 0 Å². The zero-order valence-corrected chi connectivity index (χ0v) is 14.6. The SMILES string of the molecule is CCOC(=O)c1[nH]c(C)c(C(=O)N[C@H](C)CCc2ccco2)c1C. The largest absolute Gasteiger partial charge is 0.469 e. The molecule has 0 aliphatic rings. The highest BCUT2D eigenvalue weighted by Crippen LogP contribution is 2.19. The van der Waals surface area contributed by atoms with Crippen molar-refractivity contribution in [2.45, 2.75) is 46.6 Å². The summed E-state index contributed by atoms with van der Waals surface area (Å²) in [5, 5.41) is 2.97. The third kappa shape index (κ3) is 4.07. The minimum atomic E-state index is -0.442. The Morgan fingerprint density at radius 3 is 2.75 bits per heavy atom. The summed E-state index contributed by atoms with van der Waals surface area (Å²) in [5.41, 5.74) is 2.11. The molecule has 0 saturated heterocycles. The lowest BCUT2D eigenvalue weighted by Crippen LogP contribution is -2.33. The average molecular weight is 332 g/mol. The van der Waals surface area contributed by atoms with Crippen molar-refractivity contribution in [3.05, 3.63) is 46.7 Å². The standard InChI is InChI=1S/C18H24N2O4/c1-5-23-18(22)16-12(3)15(13(4)20-16)17(21)19-11(2)8-9-14-7-6-10-24-14/h6-7,10-11,20H,5,8-9H2,1-4H3,(H,19,21)/t11-/m1/s1. The Morgan fingerprint density at radius 2 is 2.12 bits per heavy atom. The van der Waals surface area contributed by atoms with E-state index in [9.17, 15) is 9.59 Å². The first-order valence-electron chi connectivity index (χ1n) is 8.13. The quantitative estimate of drug-likeness (QED) is 0.763. The van der Waals surface area contributed by atoms with Gasteiger partial charge in [-0.1, -0.05) is 0 Å². The molecule has 0 aliphatic carbocycles. The molecule has 2 rings (SSSR count). The fourth-order valence-electron chi connectivity index (χ4n) is 2.68. The molecule has 0 radical (unpaired) electrons. The van der Waals surface area contributed by atoms with Gasteiger partial charge < -0.3 is 19.5 Å². The van der Waals surface area contributed by atoms with Crippen LogP contribution >= 0.6 is 0 Å². The molecule has 130 valence electrons. The number of hydrogen-bond donors (Lipinski definition) is 2. The van der Waals surface area contributed by atoms with Crippen molar-refractivity contribution >= 4 is 11.9 Å². The Morgan fingerprint density at radius 1 is 1.38 bits per heavy atom. The van der Waals surface area contributed by atoms with Crippen LogP contribution in [0.2, 0.25) is 0 Å². The zero-order chi connectivity index (χ0) is 17.7. The molecule has 2 heterocycles. The van der Waals surface area contributed by atoms with Crippen LogP contribution in [0.25, 0.3) is 0 Å². The summed E-state index contributed by atoms with van der Waals surface area (Å²) in [6.45, 7) is 7.51. The Hall–Kier alpha value is -2.50. The summed E-state index contributed by atoms with van der Waals surface area (Å²) in [4.78, 5) is 27.4. The van der Waals surface area contributed by atoms with Gasteiger partial charge in [-0.25, -0.2) is 4.79 Å². The maximum Gasteiger partial charge on any atom is 0.355 e. The molecule has 1 amide bonds. The van der Waals surface area contributed by atoms with Gasteiger partial charge in [0.05, 0.1) is 18.4 Å². The number of esters is 1. The van der Waals surface area contributed by atoms with Crippen LogP contribution in [0.5, 0.6) is 0 Å². The first-order chi connectivity index (χ1) is 11.4. The van der Waals surface area contributed by atoms with E-state index < -0.39 is 5.97 Å². The lowest BCUT2D eigenvalue weighted by molar-refractivity contribution is 0.0519. The predicted molar refractivity (Wildman–Crippen MR) is 90.2 cm³/mol. The van der Waals surface area contributed by atoms with Crippen molar-refractivity contribution in [3.8, 4) is 0 Å². The summed E-state index contributed by atoms with van der Waals surface area (Å²) in [5.74, 6) is 0.265. The van der Waals surface area contributed by atoms with Crippen molar-refractivity contribution < 1.29 is 18.7 Å². The minimum absolute atomic E-state index is 0.0117. The molecule has 0 spiro atoms. The lowest BCUT2D eigenvalue weighted by atomic mass is 10.1. The molecule has 6 nitrogen and oxygen atoms in total. The number of aromatic nitrogens is 1. The van der Waals surface area contributed by atoms with Gasteiger partial charge in [-0.3, -0.25) is 4.79 Å². The third-order valence-electron chi connectivity index (χ3n) is 3.93. The number of aryl methyl sites for hydroxylation is 2. The molecular formula is C18H24N2O4. The summed E-state index contributed by atoms with van der Waals surface area (Å²) >= 11 is 0. The topological polar surface area (TPSA) is 84.3 Å². The van der Waals surface area contributed by atoms with Gasteiger partial charge in [0, 0.05) is 18.2 Å². The molecule has 0 saturated carbocycles. The van der Waals surface area contributed by atoms with E-state index in [2.05, 4.69) is 10.3 Å². The van der Waals surface area contributed by atoms with Gasteiger partial charge in [0.2, 0.25) is 0 Å². The second kappa shape index (κ2) is 7.86. The van der Waals surface area contributed by atoms with Gasteiger partial charge in [0.25, 0.3) is 5.91 Å². The third-order valence-corrected chi connectivity index (χ3v) is 3.93. The van der Waals surface area contributed by atoms with Crippen molar-refractivity contribution in [1.29, 1.82) is 0 Å². The molecule has 0 unspecified atom stereocenters. The van der Waals surface area contributed by atoms with E-state index in [0.717, 1.165) is 18.6 Å². The Labute approximate surface area is 141 Å². The lowest BCUT2D eigenvalue weighted by Gasteiger charge is -2.13. The number of rotatable bonds is 7. The molecule has 0 fully saturated rings. The van der Waals surface area contributed by atoms with Crippen molar-refractivity contribution in [2.75, 3.05) is 6.61 Å². The fraction of sp³-hybridized carbons (Fsp3) is 0.444. The monoisotopic (exact) mass is 332 g/mol. The van der Waals surface area contributed by atoms with Gasteiger partial charge in [0.15, 0.2) is 0 Å². The van der Waals surface area contributed by atoms with Gasteiger partial charge >= 0.3 is 5.97 Å². The van der Waals surface area contributed by atoms with Gasteiger partial charge in [0.1, 0.15) is 11.5 Å². The predicted octanol–water partition coefficient (Wildman–Crippen LogP) is 3.15. The number of aromatic amines is 1. The molecule has 0 aliphatic heterocycles. The molecule has 2 N–H and O–H groups in total. The van der Waals surface area contributed by atoms with Crippen LogP contribution in [0.3, 0.4) is 0 Å². The first-order valence-corrected chi connectivity index (χ1v) is 8.13. The van der Waals surface area contributed by atoms with E-state index in [-0.39, 0.29) is 11.9 Å². The molecular weight excluding hydrogens is 308 g/mol. The number of furan rings is 1. The number of nitrogens with one attached hydrogen (secondary N) is 2. The first kappa shape index (κ1) is 17.8. The molecule has 2 aromatic heterocycles. The van der Waals surface area contributed by atoms with E-state index in [1.54, 1.807) is 27.0 Å². The number of hydrogen-bond acceptors (Lipinski definition) is 4.